The van der Waals surface area contributed by atoms with E-state index in [1.54, 1.807) is 6.92 Å². The van der Waals surface area contributed by atoms with Crippen LogP contribution >= 0.6 is 0 Å². The van der Waals surface area contributed by atoms with Gasteiger partial charge in [-0.05, 0) is 54.4 Å². The van der Waals surface area contributed by atoms with Gasteiger partial charge < -0.3 is 10.2 Å². The van der Waals surface area contributed by atoms with Crippen LogP contribution in [0.4, 0.5) is 0 Å². The van der Waals surface area contributed by atoms with Crippen LogP contribution in [0.15, 0.2) is 11.6 Å². The number of rotatable bonds is 2. The number of fused-ring (bicyclic) bond motifs is 2. The van der Waals surface area contributed by atoms with E-state index in [2.05, 4.69) is 13.8 Å². The Balaban J connectivity index is 2.35. The van der Waals surface area contributed by atoms with Gasteiger partial charge in [0, 0.05) is 23.7 Å². The van der Waals surface area contributed by atoms with Crippen LogP contribution in [0.2, 0.25) is 0 Å². The summed E-state index contributed by atoms with van der Waals surface area (Å²) in [6, 6.07) is 1.89. The molecule has 0 heterocycles. The molecule has 1 aromatic carbocycles. The maximum absolute atomic E-state index is 12.7. The van der Waals surface area contributed by atoms with Crippen molar-refractivity contribution in [1.82, 2.24) is 0 Å². The minimum absolute atomic E-state index is 0.0269. The predicted octanol–water partition coefficient (Wildman–Crippen LogP) is 3.27. The van der Waals surface area contributed by atoms with Crippen molar-refractivity contribution in [3.05, 3.63) is 39.5 Å². The Morgan fingerprint density at radius 1 is 1.25 bits per heavy atom. The monoisotopic (exact) mass is 328 g/mol. The lowest BCUT2D eigenvalue weighted by Crippen LogP contribution is -2.32. The van der Waals surface area contributed by atoms with E-state index in [1.165, 1.54) is 0 Å². The van der Waals surface area contributed by atoms with E-state index in [9.17, 15) is 19.8 Å². The number of benzene rings is 1. The number of ketones is 2. The molecule has 0 fully saturated rings. The molecule has 0 saturated carbocycles. The third kappa shape index (κ3) is 2.24. The first-order valence-corrected chi connectivity index (χ1v) is 8.51. The van der Waals surface area contributed by atoms with Crippen LogP contribution in [0, 0.1) is 12.8 Å². The zero-order chi connectivity index (χ0) is 17.8. The third-order valence-electron chi connectivity index (χ3n) is 5.62. The SMILES string of the molecule is Cc1c2c(cc3c1C(=O)C(=O)C([C@@H](C)CO)=C3O)C(C)(C)CCC2. The molecule has 0 unspecified atom stereocenters. The van der Waals surface area contributed by atoms with Gasteiger partial charge in [0.1, 0.15) is 5.76 Å². The second-order valence-corrected chi connectivity index (χ2v) is 7.69. The number of Topliss-reactive ketones (excluding diaryl/α,β-unsaturated/α-hetero) is 2. The molecule has 2 aliphatic rings. The van der Waals surface area contributed by atoms with Crippen LogP contribution in [0.3, 0.4) is 0 Å². The predicted molar refractivity (Wildman–Crippen MR) is 92.3 cm³/mol. The van der Waals surface area contributed by atoms with Gasteiger partial charge >= 0.3 is 0 Å². The van der Waals surface area contributed by atoms with E-state index in [0.717, 1.165) is 36.0 Å². The van der Waals surface area contributed by atoms with Crippen LogP contribution in [-0.2, 0) is 16.6 Å². The van der Waals surface area contributed by atoms with Crippen molar-refractivity contribution < 1.29 is 19.8 Å². The van der Waals surface area contributed by atoms with Gasteiger partial charge in [-0.15, -0.1) is 0 Å². The Labute approximate surface area is 142 Å². The number of aliphatic hydroxyl groups excluding tert-OH is 2. The standard InChI is InChI=1S/C20H24O4/c1-10(9-21)15-17(22)13-8-14-12(6-5-7-20(14,3)4)11(2)16(13)19(24)18(15)23/h8,10,21-22H,5-7,9H2,1-4H3/t10-/m0/s1. The lowest BCUT2D eigenvalue weighted by molar-refractivity contribution is -0.112. The molecule has 1 aromatic rings. The second-order valence-electron chi connectivity index (χ2n) is 7.69. The van der Waals surface area contributed by atoms with E-state index in [0.29, 0.717) is 11.1 Å². The summed E-state index contributed by atoms with van der Waals surface area (Å²) in [5.41, 5.74) is 3.89. The fraction of sp³-hybridized carbons (Fsp3) is 0.500. The molecule has 0 bridgehead atoms. The molecule has 1 atom stereocenters. The molecule has 0 aromatic heterocycles. The van der Waals surface area contributed by atoms with Gasteiger partial charge in [0.25, 0.3) is 0 Å². The fourth-order valence-electron chi connectivity index (χ4n) is 4.14. The molecule has 0 radical (unpaired) electrons. The fourth-order valence-corrected chi connectivity index (χ4v) is 4.14. The summed E-state index contributed by atoms with van der Waals surface area (Å²) in [6.45, 7) is 7.56. The Kier molecular flexibility index (Phi) is 3.91. The molecule has 2 N–H and O–H groups in total. The molecule has 0 aliphatic heterocycles. The highest BCUT2D eigenvalue weighted by Gasteiger charge is 2.39. The molecule has 4 heteroatoms. The maximum Gasteiger partial charge on any atom is 0.234 e. The summed E-state index contributed by atoms with van der Waals surface area (Å²) >= 11 is 0. The van der Waals surface area contributed by atoms with Crippen molar-refractivity contribution in [3.63, 3.8) is 0 Å². The molecule has 24 heavy (non-hydrogen) atoms. The Bertz CT molecular complexity index is 783. The van der Waals surface area contributed by atoms with Crippen molar-refractivity contribution in [2.75, 3.05) is 6.61 Å². The van der Waals surface area contributed by atoms with Crippen LogP contribution in [0.5, 0.6) is 0 Å². The highest BCUT2D eigenvalue weighted by molar-refractivity contribution is 6.52. The van der Waals surface area contributed by atoms with Gasteiger partial charge in [0.05, 0.1) is 5.57 Å². The summed E-state index contributed by atoms with van der Waals surface area (Å²) < 4.78 is 0. The first-order chi connectivity index (χ1) is 11.2. The summed E-state index contributed by atoms with van der Waals surface area (Å²) in [4.78, 5) is 25.2. The molecular formula is C20H24O4. The van der Waals surface area contributed by atoms with Crippen molar-refractivity contribution in [3.8, 4) is 0 Å². The highest BCUT2D eigenvalue weighted by Crippen LogP contribution is 2.43. The summed E-state index contributed by atoms with van der Waals surface area (Å²) in [6.07, 6.45) is 3.00. The minimum atomic E-state index is -0.695. The molecule has 4 nitrogen and oxygen atoms in total. The largest absolute Gasteiger partial charge is 0.507 e. The second kappa shape index (κ2) is 5.55. The van der Waals surface area contributed by atoms with Gasteiger partial charge in [-0.25, -0.2) is 0 Å². The van der Waals surface area contributed by atoms with Gasteiger partial charge in [-0.1, -0.05) is 20.8 Å². The van der Waals surface area contributed by atoms with E-state index >= 15 is 0 Å². The molecule has 2 aliphatic carbocycles. The van der Waals surface area contributed by atoms with E-state index < -0.39 is 17.5 Å². The summed E-state index contributed by atoms with van der Waals surface area (Å²) in [5, 5.41) is 20.1. The van der Waals surface area contributed by atoms with Gasteiger partial charge in [-0.3, -0.25) is 9.59 Å². The Morgan fingerprint density at radius 3 is 2.54 bits per heavy atom. The first-order valence-electron chi connectivity index (χ1n) is 8.51. The molecule has 0 amide bonds. The first kappa shape index (κ1) is 16.9. The van der Waals surface area contributed by atoms with E-state index in [1.807, 2.05) is 13.0 Å². The van der Waals surface area contributed by atoms with E-state index in [4.69, 9.17) is 0 Å². The van der Waals surface area contributed by atoms with Crippen LogP contribution < -0.4 is 0 Å². The molecule has 128 valence electrons. The van der Waals surface area contributed by atoms with Gasteiger partial charge in [0.15, 0.2) is 0 Å². The topological polar surface area (TPSA) is 74.6 Å². The number of hydrogen-bond acceptors (Lipinski definition) is 4. The minimum Gasteiger partial charge on any atom is -0.507 e. The van der Waals surface area contributed by atoms with E-state index in [-0.39, 0.29) is 23.4 Å². The summed E-state index contributed by atoms with van der Waals surface area (Å²) in [7, 11) is 0. The van der Waals surface area contributed by atoms with Crippen LogP contribution in [0.1, 0.15) is 66.2 Å². The molecular weight excluding hydrogens is 304 g/mol. The summed E-state index contributed by atoms with van der Waals surface area (Å²) in [5.74, 6) is -1.98. The maximum atomic E-state index is 12.7. The molecule has 0 saturated heterocycles. The molecule has 0 spiro atoms. The van der Waals surface area contributed by atoms with Crippen LogP contribution in [-0.4, -0.2) is 28.4 Å². The Morgan fingerprint density at radius 2 is 1.92 bits per heavy atom. The lowest BCUT2D eigenvalue weighted by Gasteiger charge is -2.36. The number of carbonyl (C=O) groups is 2. The normalized spacial score (nSPS) is 20.7. The zero-order valence-electron chi connectivity index (χ0n) is 14.7. The molecule has 3 rings (SSSR count). The quantitative estimate of drug-likeness (QED) is 0.817. The van der Waals surface area contributed by atoms with Crippen LogP contribution in [0.25, 0.3) is 5.76 Å². The van der Waals surface area contributed by atoms with Crippen molar-refractivity contribution in [2.45, 2.75) is 52.4 Å². The van der Waals surface area contributed by atoms with Crippen molar-refractivity contribution >= 4 is 17.3 Å². The lowest BCUT2D eigenvalue weighted by atomic mass is 9.68. The van der Waals surface area contributed by atoms with Crippen molar-refractivity contribution in [2.24, 2.45) is 5.92 Å². The highest BCUT2D eigenvalue weighted by atomic mass is 16.3. The number of carbonyl (C=O) groups excluding carboxylic acids is 2. The number of aliphatic hydroxyl groups is 2. The number of hydrogen-bond donors (Lipinski definition) is 2. The zero-order valence-corrected chi connectivity index (χ0v) is 14.7. The average molecular weight is 328 g/mol. The average Bonchev–Trinajstić information content (AvgIpc) is 2.53. The van der Waals surface area contributed by atoms with Gasteiger partial charge in [-0.2, -0.15) is 0 Å². The van der Waals surface area contributed by atoms with Crippen molar-refractivity contribution in [1.29, 1.82) is 0 Å². The smallest absolute Gasteiger partial charge is 0.234 e. The Hall–Kier alpha value is -1.94. The van der Waals surface area contributed by atoms with Gasteiger partial charge in [0.2, 0.25) is 11.6 Å². The third-order valence-corrected chi connectivity index (χ3v) is 5.62.